The molecule has 1 aromatic rings. The third-order valence-electron chi connectivity index (χ3n) is 2.55. The van der Waals surface area contributed by atoms with Crippen LogP contribution in [0.2, 0.25) is 0 Å². The van der Waals surface area contributed by atoms with Crippen LogP contribution in [0.5, 0.6) is 0 Å². The largest absolute Gasteiger partial charge is 0.329 e. The quantitative estimate of drug-likeness (QED) is 0.651. The van der Waals surface area contributed by atoms with Crippen molar-refractivity contribution in [3.8, 4) is 0 Å². The van der Waals surface area contributed by atoms with E-state index in [0.717, 1.165) is 6.42 Å². The average Bonchev–Trinajstić information content (AvgIpc) is 2.67. The summed E-state index contributed by atoms with van der Waals surface area (Å²) in [5.41, 5.74) is 12.3. The molecule has 2 unspecified atom stereocenters. The number of hydrogen-bond acceptors (Lipinski definition) is 3. The van der Waals surface area contributed by atoms with Crippen LogP contribution in [-0.4, -0.2) is 12.6 Å². The molecule has 4 N–H and O–H groups in total. The number of hydrazine groups is 1. The molecule has 0 aromatic heterocycles. The van der Waals surface area contributed by atoms with Gasteiger partial charge in [0.1, 0.15) is 5.82 Å². The van der Waals surface area contributed by atoms with E-state index in [2.05, 4.69) is 10.9 Å². The standard InChI is InChI=1S/C10H14FN3/c11-9-4-2-1-3-8(9)10-5-7(6-12)13-14-10/h1-4,7,10,13-14H,5-6,12H2. The van der Waals surface area contributed by atoms with Gasteiger partial charge < -0.3 is 5.73 Å². The van der Waals surface area contributed by atoms with Gasteiger partial charge in [-0.2, -0.15) is 0 Å². The van der Waals surface area contributed by atoms with Crippen LogP contribution in [0.4, 0.5) is 4.39 Å². The summed E-state index contributed by atoms with van der Waals surface area (Å²) in [7, 11) is 0. The van der Waals surface area contributed by atoms with E-state index in [-0.39, 0.29) is 17.9 Å². The summed E-state index contributed by atoms with van der Waals surface area (Å²) < 4.78 is 13.4. The molecule has 0 saturated carbocycles. The lowest BCUT2D eigenvalue weighted by Gasteiger charge is -2.10. The van der Waals surface area contributed by atoms with E-state index in [1.54, 1.807) is 12.1 Å². The zero-order valence-corrected chi connectivity index (χ0v) is 7.83. The van der Waals surface area contributed by atoms with Crippen LogP contribution in [0.15, 0.2) is 24.3 Å². The van der Waals surface area contributed by atoms with Crippen molar-refractivity contribution in [2.24, 2.45) is 5.73 Å². The van der Waals surface area contributed by atoms with E-state index in [1.165, 1.54) is 6.07 Å². The van der Waals surface area contributed by atoms with E-state index < -0.39 is 0 Å². The molecule has 1 aromatic carbocycles. The first-order chi connectivity index (χ1) is 6.81. The second-order valence-corrected chi connectivity index (χ2v) is 3.53. The normalized spacial score (nSPS) is 26.7. The van der Waals surface area contributed by atoms with Gasteiger partial charge in [0.25, 0.3) is 0 Å². The molecule has 2 atom stereocenters. The molecule has 1 heterocycles. The van der Waals surface area contributed by atoms with E-state index in [1.807, 2.05) is 6.07 Å². The monoisotopic (exact) mass is 195 g/mol. The minimum absolute atomic E-state index is 0.0322. The predicted molar refractivity (Wildman–Crippen MR) is 52.9 cm³/mol. The lowest BCUT2D eigenvalue weighted by atomic mass is 10.0. The maximum atomic E-state index is 13.4. The minimum Gasteiger partial charge on any atom is -0.329 e. The van der Waals surface area contributed by atoms with E-state index in [4.69, 9.17) is 5.73 Å². The van der Waals surface area contributed by atoms with Gasteiger partial charge in [0.2, 0.25) is 0 Å². The Morgan fingerprint density at radius 2 is 2.14 bits per heavy atom. The molecule has 1 aliphatic heterocycles. The van der Waals surface area contributed by atoms with Crippen molar-refractivity contribution in [1.82, 2.24) is 10.9 Å². The van der Waals surface area contributed by atoms with Crippen molar-refractivity contribution >= 4 is 0 Å². The molecule has 0 amide bonds. The Hall–Kier alpha value is -0.970. The molecule has 1 fully saturated rings. The zero-order chi connectivity index (χ0) is 9.97. The number of nitrogens with one attached hydrogen (secondary N) is 2. The first kappa shape index (κ1) is 9.58. The number of halogens is 1. The van der Waals surface area contributed by atoms with E-state index >= 15 is 0 Å². The van der Waals surface area contributed by atoms with Crippen molar-refractivity contribution in [1.29, 1.82) is 0 Å². The summed E-state index contributed by atoms with van der Waals surface area (Å²) in [4.78, 5) is 0. The fraction of sp³-hybridized carbons (Fsp3) is 0.400. The Balaban J connectivity index is 2.13. The summed E-state index contributed by atoms with van der Waals surface area (Å²) >= 11 is 0. The average molecular weight is 195 g/mol. The van der Waals surface area contributed by atoms with Crippen molar-refractivity contribution < 1.29 is 4.39 Å². The van der Waals surface area contributed by atoms with Gasteiger partial charge in [0.05, 0.1) is 6.04 Å². The highest BCUT2D eigenvalue weighted by atomic mass is 19.1. The Morgan fingerprint density at radius 3 is 2.79 bits per heavy atom. The molecular weight excluding hydrogens is 181 g/mol. The van der Waals surface area contributed by atoms with Crippen LogP contribution < -0.4 is 16.6 Å². The smallest absolute Gasteiger partial charge is 0.128 e. The van der Waals surface area contributed by atoms with Gasteiger partial charge in [0, 0.05) is 18.2 Å². The van der Waals surface area contributed by atoms with Crippen LogP contribution in [0.3, 0.4) is 0 Å². The van der Waals surface area contributed by atoms with E-state index in [0.29, 0.717) is 12.1 Å². The highest BCUT2D eigenvalue weighted by Crippen LogP contribution is 2.23. The summed E-state index contributed by atoms with van der Waals surface area (Å²) in [5.74, 6) is -0.163. The molecule has 0 aliphatic carbocycles. The van der Waals surface area contributed by atoms with Crippen molar-refractivity contribution in [3.05, 3.63) is 35.6 Å². The van der Waals surface area contributed by atoms with Crippen molar-refractivity contribution in [2.45, 2.75) is 18.5 Å². The topological polar surface area (TPSA) is 50.1 Å². The fourth-order valence-corrected chi connectivity index (χ4v) is 1.74. The minimum atomic E-state index is -0.163. The summed E-state index contributed by atoms with van der Waals surface area (Å²) in [6.45, 7) is 0.567. The van der Waals surface area contributed by atoms with Crippen LogP contribution in [0.1, 0.15) is 18.0 Å². The highest BCUT2D eigenvalue weighted by molar-refractivity contribution is 5.22. The van der Waals surface area contributed by atoms with Crippen LogP contribution in [0.25, 0.3) is 0 Å². The second-order valence-electron chi connectivity index (χ2n) is 3.53. The van der Waals surface area contributed by atoms with Crippen LogP contribution in [0, 0.1) is 5.82 Å². The van der Waals surface area contributed by atoms with Crippen molar-refractivity contribution in [3.63, 3.8) is 0 Å². The third kappa shape index (κ3) is 1.77. The predicted octanol–water partition coefficient (Wildman–Crippen LogP) is 0.692. The Morgan fingerprint density at radius 1 is 1.36 bits per heavy atom. The maximum Gasteiger partial charge on any atom is 0.128 e. The number of hydrogen-bond donors (Lipinski definition) is 3. The lowest BCUT2D eigenvalue weighted by Crippen LogP contribution is -2.35. The van der Waals surface area contributed by atoms with Gasteiger partial charge in [-0.3, -0.25) is 5.43 Å². The molecule has 0 spiro atoms. The Kier molecular flexibility index (Phi) is 2.77. The first-order valence-corrected chi connectivity index (χ1v) is 4.77. The number of nitrogens with two attached hydrogens (primary N) is 1. The summed E-state index contributed by atoms with van der Waals surface area (Å²) in [6.07, 6.45) is 0.831. The van der Waals surface area contributed by atoms with Gasteiger partial charge in [-0.15, -0.1) is 0 Å². The first-order valence-electron chi connectivity index (χ1n) is 4.77. The fourth-order valence-electron chi connectivity index (χ4n) is 1.74. The molecule has 14 heavy (non-hydrogen) atoms. The molecule has 0 bridgehead atoms. The molecule has 1 aliphatic rings. The molecule has 2 rings (SSSR count). The van der Waals surface area contributed by atoms with Gasteiger partial charge in [0.15, 0.2) is 0 Å². The summed E-state index contributed by atoms with van der Waals surface area (Å²) in [6, 6.07) is 7.09. The Labute approximate surface area is 82.5 Å². The highest BCUT2D eigenvalue weighted by Gasteiger charge is 2.25. The lowest BCUT2D eigenvalue weighted by molar-refractivity contribution is 0.526. The van der Waals surface area contributed by atoms with Gasteiger partial charge >= 0.3 is 0 Å². The van der Waals surface area contributed by atoms with Gasteiger partial charge in [-0.25, -0.2) is 9.82 Å². The van der Waals surface area contributed by atoms with Crippen molar-refractivity contribution in [2.75, 3.05) is 6.54 Å². The zero-order valence-electron chi connectivity index (χ0n) is 7.83. The Bertz CT molecular complexity index is 316. The molecule has 0 radical (unpaired) electrons. The third-order valence-corrected chi connectivity index (χ3v) is 2.55. The molecule has 3 nitrogen and oxygen atoms in total. The second kappa shape index (κ2) is 4.04. The number of benzene rings is 1. The van der Waals surface area contributed by atoms with E-state index in [9.17, 15) is 4.39 Å². The van der Waals surface area contributed by atoms with Gasteiger partial charge in [-0.05, 0) is 12.5 Å². The molecule has 1 saturated heterocycles. The molecular formula is C10H14FN3. The number of rotatable bonds is 2. The maximum absolute atomic E-state index is 13.4. The van der Waals surface area contributed by atoms with Gasteiger partial charge in [-0.1, -0.05) is 18.2 Å². The molecule has 76 valence electrons. The molecule has 4 heteroatoms. The SMILES string of the molecule is NCC1CC(c2ccccc2F)NN1. The van der Waals surface area contributed by atoms with Crippen LogP contribution >= 0.6 is 0 Å². The van der Waals surface area contributed by atoms with Crippen LogP contribution in [-0.2, 0) is 0 Å². The summed E-state index contributed by atoms with van der Waals surface area (Å²) in [5, 5.41) is 0.